The van der Waals surface area contributed by atoms with Gasteiger partial charge >= 0.3 is 5.97 Å². The van der Waals surface area contributed by atoms with Crippen LogP contribution in [0, 0.1) is 0 Å². The molecule has 4 nitrogen and oxygen atoms in total. The van der Waals surface area contributed by atoms with Gasteiger partial charge in [0.1, 0.15) is 15.9 Å². The lowest BCUT2D eigenvalue weighted by atomic mass is 10.5. The van der Waals surface area contributed by atoms with Crippen LogP contribution in [0.4, 0.5) is 0 Å². The Morgan fingerprint density at radius 2 is 2.47 bits per heavy atom. The zero-order valence-electron chi connectivity index (χ0n) is 8.88. The van der Waals surface area contributed by atoms with Gasteiger partial charge in [0.15, 0.2) is 0 Å². The topological polar surface area (TPSA) is 55.1 Å². The lowest BCUT2D eigenvalue weighted by Gasteiger charge is -2.00. The molecule has 0 aliphatic carbocycles. The quantitative estimate of drug-likeness (QED) is 0.878. The molecule has 1 N–H and O–H groups in total. The molecular formula is C10H9ClN2O2S2. The third-order valence-electron chi connectivity index (χ3n) is 2.18. The molecule has 0 spiro atoms. The van der Waals surface area contributed by atoms with Crippen molar-refractivity contribution >= 4 is 40.7 Å². The number of imidazole rings is 1. The molecule has 0 aliphatic heterocycles. The number of thioether (sulfide) groups is 1. The summed E-state index contributed by atoms with van der Waals surface area (Å²) in [6.07, 6.45) is 1.60. The molecule has 0 aliphatic rings. The molecular weight excluding hydrogens is 280 g/mol. The van der Waals surface area contributed by atoms with E-state index < -0.39 is 5.97 Å². The van der Waals surface area contributed by atoms with E-state index in [2.05, 4.69) is 4.98 Å². The Morgan fingerprint density at radius 1 is 1.71 bits per heavy atom. The van der Waals surface area contributed by atoms with Crippen molar-refractivity contribution in [3.63, 3.8) is 0 Å². The zero-order valence-corrected chi connectivity index (χ0v) is 11.3. The fourth-order valence-corrected chi connectivity index (χ4v) is 3.22. The molecule has 90 valence electrons. The first-order valence-corrected chi connectivity index (χ1v) is 6.93. The summed E-state index contributed by atoms with van der Waals surface area (Å²) in [6, 6.07) is 1.67. The molecule has 17 heavy (non-hydrogen) atoms. The van der Waals surface area contributed by atoms with Crippen molar-refractivity contribution in [2.75, 3.05) is 0 Å². The first-order chi connectivity index (χ1) is 8.08. The monoisotopic (exact) mass is 288 g/mol. The third-order valence-corrected chi connectivity index (χ3v) is 4.57. The van der Waals surface area contributed by atoms with E-state index >= 15 is 0 Å². The van der Waals surface area contributed by atoms with E-state index in [0.717, 1.165) is 10.7 Å². The Hall–Kier alpha value is -0.980. The van der Waals surface area contributed by atoms with E-state index in [9.17, 15) is 4.79 Å². The Balaban J connectivity index is 2.02. The van der Waals surface area contributed by atoms with Crippen LogP contribution in [-0.2, 0) is 12.8 Å². The molecule has 0 unspecified atom stereocenters. The molecule has 2 aromatic rings. The number of carboxylic acids is 1. The highest BCUT2D eigenvalue weighted by Crippen LogP contribution is 2.27. The molecule has 0 saturated carbocycles. The first kappa shape index (κ1) is 12.5. The van der Waals surface area contributed by atoms with Gasteiger partial charge < -0.3 is 9.67 Å². The van der Waals surface area contributed by atoms with Crippen LogP contribution < -0.4 is 0 Å². The number of aromatic carboxylic acids is 1. The second-order valence-electron chi connectivity index (χ2n) is 3.30. The van der Waals surface area contributed by atoms with Crippen LogP contribution >= 0.6 is 34.7 Å². The maximum atomic E-state index is 10.7. The van der Waals surface area contributed by atoms with Gasteiger partial charge in [-0.3, -0.25) is 0 Å². The summed E-state index contributed by atoms with van der Waals surface area (Å²) in [5.74, 6) is 0.643. The summed E-state index contributed by atoms with van der Waals surface area (Å²) in [6.45, 7) is 0. The van der Waals surface area contributed by atoms with E-state index in [1.54, 1.807) is 28.6 Å². The molecule has 0 radical (unpaired) electrons. The molecule has 0 saturated heterocycles. The summed E-state index contributed by atoms with van der Waals surface area (Å²) >= 11 is 8.65. The average Bonchev–Trinajstić information content (AvgIpc) is 2.86. The predicted molar refractivity (Wildman–Crippen MR) is 69.1 cm³/mol. The van der Waals surface area contributed by atoms with Crippen molar-refractivity contribution in [3.05, 3.63) is 33.5 Å². The molecule has 0 amide bonds. The highest BCUT2D eigenvalue weighted by molar-refractivity contribution is 7.98. The number of halogens is 1. The molecule has 2 rings (SSSR count). The SMILES string of the molecule is Cn1c(Cl)cnc1CSc1csc(C(=O)O)c1. The Labute approximate surface area is 111 Å². The number of rotatable bonds is 4. The summed E-state index contributed by atoms with van der Waals surface area (Å²) < 4.78 is 1.80. The van der Waals surface area contributed by atoms with Crippen LogP contribution in [0.25, 0.3) is 0 Å². The molecule has 7 heteroatoms. The zero-order chi connectivity index (χ0) is 12.4. The number of thiophene rings is 1. The Bertz CT molecular complexity index is 550. The van der Waals surface area contributed by atoms with Crippen molar-refractivity contribution < 1.29 is 9.90 Å². The highest BCUT2D eigenvalue weighted by atomic mass is 35.5. The third kappa shape index (κ3) is 2.83. The van der Waals surface area contributed by atoms with Gasteiger partial charge in [-0.05, 0) is 6.07 Å². The minimum absolute atomic E-state index is 0.352. The molecule has 2 heterocycles. The van der Waals surface area contributed by atoms with E-state index in [1.165, 1.54) is 11.3 Å². The molecule has 0 atom stereocenters. The number of hydrogen-bond donors (Lipinski definition) is 1. The van der Waals surface area contributed by atoms with Crippen molar-refractivity contribution in [2.45, 2.75) is 10.6 Å². The smallest absolute Gasteiger partial charge is 0.345 e. The maximum Gasteiger partial charge on any atom is 0.345 e. The van der Waals surface area contributed by atoms with Crippen molar-refractivity contribution in [3.8, 4) is 0 Å². The summed E-state index contributed by atoms with van der Waals surface area (Å²) in [7, 11) is 1.85. The van der Waals surface area contributed by atoms with Crippen molar-refractivity contribution in [1.29, 1.82) is 0 Å². The fraction of sp³-hybridized carbons (Fsp3) is 0.200. The fourth-order valence-electron chi connectivity index (χ4n) is 1.21. The maximum absolute atomic E-state index is 10.7. The second kappa shape index (κ2) is 5.12. The average molecular weight is 289 g/mol. The Morgan fingerprint density at radius 3 is 3.00 bits per heavy atom. The van der Waals surface area contributed by atoms with Gasteiger partial charge in [0.25, 0.3) is 0 Å². The number of carbonyl (C=O) groups is 1. The minimum Gasteiger partial charge on any atom is -0.477 e. The van der Waals surface area contributed by atoms with Crippen LogP contribution in [-0.4, -0.2) is 20.6 Å². The summed E-state index contributed by atoms with van der Waals surface area (Å²) in [4.78, 5) is 16.2. The lowest BCUT2D eigenvalue weighted by Crippen LogP contribution is -1.95. The summed E-state index contributed by atoms with van der Waals surface area (Å²) in [5, 5.41) is 11.2. The number of carboxylic acid groups (broad SMARTS) is 1. The van der Waals surface area contributed by atoms with Crippen LogP contribution in [0.2, 0.25) is 5.15 Å². The van der Waals surface area contributed by atoms with Crippen LogP contribution in [0.1, 0.15) is 15.5 Å². The molecule has 0 bridgehead atoms. The van der Waals surface area contributed by atoms with Crippen molar-refractivity contribution in [2.24, 2.45) is 7.05 Å². The largest absolute Gasteiger partial charge is 0.477 e. The normalized spacial score (nSPS) is 10.7. The van der Waals surface area contributed by atoms with Crippen LogP contribution in [0.15, 0.2) is 22.5 Å². The number of aromatic nitrogens is 2. The van der Waals surface area contributed by atoms with E-state index in [4.69, 9.17) is 16.7 Å². The predicted octanol–water partition coefficient (Wildman–Crippen LogP) is 3.13. The van der Waals surface area contributed by atoms with E-state index in [1.807, 2.05) is 12.4 Å². The van der Waals surface area contributed by atoms with Crippen LogP contribution in [0.3, 0.4) is 0 Å². The summed E-state index contributed by atoms with van der Waals surface area (Å²) in [5.41, 5.74) is 0. The minimum atomic E-state index is -0.887. The molecule has 0 fully saturated rings. The number of nitrogens with zero attached hydrogens (tertiary/aromatic N) is 2. The van der Waals surface area contributed by atoms with Crippen molar-refractivity contribution in [1.82, 2.24) is 9.55 Å². The molecule has 2 aromatic heterocycles. The lowest BCUT2D eigenvalue weighted by molar-refractivity contribution is 0.0702. The Kier molecular flexibility index (Phi) is 3.76. The number of hydrogen-bond acceptors (Lipinski definition) is 4. The van der Waals surface area contributed by atoms with Gasteiger partial charge in [0, 0.05) is 17.3 Å². The van der Waals surface area contributed by atoms with Gasteiger partial charge in [-0.1, -0.05) is 11.6 Å². The standard InChI is InChI=1S/C10H9ClN2O2S2/c1-13-8(11)3-12-9(13)5-16-6-2-7(10(14)15)17-4-6/h2-4H,5H2,1H3,(H,14,15). The highest BCUT2D eigenvalue weighted by Gasteiger charge is 2.09. The van der Waals surface area contributed by atoms with E-state index in [-0.39, 0.29) is 0 Å². The molecule has 0 aromatic carbocycles. The van der Waals surface area contributed by atoms with Crippen LogP contribution in [0.5, 0.6) is 0 Å². The van der Waals surface area contributed by atoms with Gasteiger partial charge in [-0.2, -0.15) is 0 Å². The van der Waals surface area contributed by atoms with E-state index in [0.29, 0.717) is 15.8 Å². The first-order valence-electron chi connectivity index (χ1n) is 4.68. The van der Waals surface area contributed by atoms with Gasteiger partial charge in [0.2, 0.25) is 0 Å². The van der Waals surface area contributed by atoms with Gasteiger partial charge in [0.05, 0.1) is 11.9 Å². The van der Waals surface area contributed by atoms with Gasteiger partial charge in [-0.25, -0.2) is 9.78 Å². The second-order valence-corrected chi connectivity index (χ2v) is 5.64. The van der Waals surface area contributed by atoms with Gasteiger partial charge in [-0.15, -0.1) is 23.1 Å².